The molecule has 0 aliphatic rings. The maximum atomic E-state index is 12.8. The van der Waals surface area contributed by atoms with Gasteiger partial charge in [-0.2, -0.15) is 0 Å². The van der Waals surface area contributed by atoms with E-state index in [0.29, 0.717) is 34.9 Å². The first-order chi connectivity index (χ1) is 16.0. The molecular formula is C23H23N5O3S2. The van der Waals surface area contributed by atoms with Crippen molar-refractivity contribution in [2.45, 2.75) is 32.2 Å². The molecule has 0 fully saturated rings. The van der Waals surface area contributed by atoms with Gasteiger partial charge in [0.25, 0.3) is 5.91 Å². The summed E-state index contributed by atoms with van der Waals surface area (Å²) in [5, 5.41) is 21.9. The van der Waals surface area contributed by atoms with E-state index < -0.39 is 5.97 Å². The SMILES string of the molecule is Nc1ccc(-c2cccs2)cc1NC(=O)c1ccc(-c2cn(CCCCCC(=O)O)nn2)s1. The highest BCUT2D eigenvalue weighted by molar-refractivity contribution is 7.17. The molecule has 0 bridgehead atoms. The van der Waals surface area contributed by atoms with Crippen LogP contribution in [0.15, 0.2) is 54.0 Å². The summed E-state index contributed by atoms with van der Waals surface area (Å²) in [6.45, 7) is 0.672. The monoisotopic (exact) mass is 481 g/mol. The highest BCUT2D eigenvalue weighted by Gasteiger charge is 2.14. The van der Waals surface area contributed by atoms with Crippen molar-refractivity contribution in [3.8, 4) is 21.0 Å². The number of nitrogens with one attached hydrogen (secondary N) is 1. The van der Waals surface area contributed by atoms with E-state index in [1.54, 1.807) is 28.2 Å². The Morgan fingerprint density at radius 1 is 1.09 bits per heavy atom. The molecule has 0 spiro atoms. The number of aliphatic carboxylic acids is 1. The average Bonchev–Trinajstić information content (AvgIpc) is 3.56. The minimum Gasteiger partial charge on any atom is -0.481 e. The van der Waals surface area contributed by atoms with Crippen LogP contribution in [0.1, 0.15) is 35.4 Å². The molecule has 0 atom stereocenters. The zero-order chi connectivity index (χ0) is 23.2. The lowest BCUT2D eigenvalue weighted by Crippen LogP contribution is -2.11. The average molecular weight is 482 g/mol. The Bertz CT molecular complexity index is 1250. The van der Waals surface area contributed by atoms with Gasteiger partial charge in [-0.25, -0.2) is 0 Å². The zero-order valence-electron chi connectivity index (χ0n) is 17.7. The molecule has 10 heteroatoms. The van der Waals surface area contributed by atoms with Crippen LogP contribution < -0.4 is 11.1 Å². The molecule has 0 aliphatic heterocycles. The van der Waals surface area contributed by atoms with Gasteiger partial charge in [0, 0.05) is 17.8 Å². The van der Waals surface area contributed by atoms with Crippen molar-refractivity contribution in [3.63, 3.8) is 0 Å². The molecule has 0 saturated carbocycles. The minimum atomic E-state index is -0.770. The van der Waals surface area contributed by atoms with Gasteiger partial charge in [-0.15, -0.1) is 27.8 Å². The van der Waals surface area contributed by atoms with Crippen LogP contribution in [0.5, 0.6) is 0 Å². The number of rotatable bonds is 10. The second-order valence-corrected chi connectivity index (χ2v) is 9.50. The van der Waals surface area contributed by atoms with Gasteiger partial charge in [-0.05, 0) is 54.1 Å². The topological polar surface area (TPSA) is 123 Å². The van der Waals surface area contributed by atoms with E-state index in [-0.39, 0.29) is 12.3 Å². The maximum Gasteiger partial charge on any atom is 0.303 e. The largest absolute Gasteiger partial charge is 0.481 e. The number of benzene rings is 1. The lowest BCUT2D eigenvalue weighted by molar-refractivity contribution is -0.137. The molecule has 4 N–H and O–H groups in total. The second-order valence-electron chi connectivity index (χ2n) is 7.47. The van der Waals surface area contributed by atoms with Gasteiger partial charge in [0.1, 0.15) is 5.69 Å². The third kappa shape index (κ3) is 5.85. The number of amides is 1. The van der Waals surface area contributed by atoms with Crippen molar-refractivity contribution in [2.24, 2.45) is 0 Å². The zero-order valence-corrected chi connectivity index (χ0v) is 19.4. The van der Waals surface area contributed by atoms with Crippen molar-refractivity contribution < 1.29 is 14.7 Å². The van der Waals surface area contributed by atoms with Gasteiger partial charge in [-0.3, -0.25) is 14.3 Å². The van der Waals surface area contributed by atoms with Crippen molar-refractivity contribution in [1.82, 2.24) is 15.0 Å². The fourth-order valence-electron chi connectivity index (χ4n) is 3.29. The summed E-state index contributed by atoms with van der Waals surface area (Å²) in [6, 6.07) is 13.2. The van der Waals surface area contributed by atoms with Crippen LogP contribution in [0, 0.1) is 0 Å². The number of unbranched alkanes of at least 4 members (excludes halogenated alkanes) is 2. The fraction of sp³-hybridized carbons (Fsp3) is 0.217. The van der Waals surface area contributed by atoms with Gasteiger partial charge in [0.05, 0.1) is 27.3 Å². The summed E-state index contributed by atoms with van der Waals surface area (Å²) >= 11 is 2.96. The third-order valence-electron chi connectivity index (χ3n) is 5.01. The quantitative estimate of drug-likeness (QED) is 0.211. The van der Waals surface area contributed by atoms with Gasteiger partial charge >= 0.3 is 5.97 Å². The number of thiophene rings is 2. The van der Waals surface area contributed by atoms with E-state index >= 15 is 0 Å². The molecule has 3 heterocycles. The third-order valence-corrected chi connectivity index (χ3v) is 7.03. The Kier molecular flexibility index (Phi) is 7.16. The highest BCUT2D eigenvalue weighted by atomic mass is 32.1. The van der Waals surface area contributed by atoms with Crippen LogP contribution in [-0.2, 0) is 11.3 Å². The number of carbonyl (C=O) groups excluding carboxylic acids is 1. The summed E-state index contributed by atoms with van der Waals surface area (Å²) in [4.78, 5) is 25.9. The van der Waals surface area contributed by atoms with Gasteiger partial charge in [-0.1, -0.05) is 23.8 Å². The summed E-state index contributed by atoms with van der Waals surface area (Å²) in [5.41, 5.74) is 8.87. The predicted molar refractivity (Wildman–Crippen MR) is 132 cm³/mol. The number of nitrogen functional groups attached to an aromatic ring is 1. The van der Waals surface area contributed by atoms with Crippen molar-refractivity contribution >= 4 is 45.9 Å². The number of carbonyl (C=O) groups is 2. The summed E-state index contributed by atoms with van der Waals surface area (Å²) in [6.07, 6.45) is 4.34. The van der Waals surface area contributed by atoms with E-state index in [1.807, 2.05) is 41.9 Å². The Balaban J connectivity index is 1.38. The van der Waals surface area contributed by atoms with Crippen LogP contribution in [0.4, 0.5) is 11.4 Å². The highest BCUT2D eigenvalue weighted by Crippen LogP contribution is 2.31. The molecule has 1 amide bonds. The van der Waals surface area contributed by atoms with Gasteiger partial charge in [0.2, 0.25) is 0 Å². The minimum absolute atomic E-state index is 0.187. The van der Waals surface area contributed by atoms with Gasteiger partial charge in [0.15, 0.2) is 0 Å². The van der Waals surface area contributed by atoms with E-state index in [0.717, 1.165) is 28.2 Å². The lowest BCUT2D eigenvalue weighted by atomic mass is 10.1. The molecule has 170 valence electrons. The standard InChI is InChI=1S/C23H23N5O3S2/c24-16-8-7-15(19-5-4-12-32-19)13-17(16)25-23(31)21-10-9-20(33-21)18-14-28(27-26-18)11-3-1-2-6-22(29)30/h4-5,7-10,12-14H,1-3,6,11,24H2,(H,25,31)(H,29,30). The Hall–Kier alpha value is -3.50. The van der Waals surface area contributed by atoms with Crippen molar-refractivity contribution in [2.75, 3.05) is 11.1 Å². The van der Waals surface area contributed by atoms with E-state index in [1.165, 1.54) is 11.3 Å². The summed E-state index contributed by atoms with van der Waals surface area (Å²) in [5.74, 6) is -0.999. The molecule has 3 aromatic heterocycles. The van der Waals surface area contributed by atoms with Crippen LogP contribution in [0.3, 0.4) is 0 Å². The number of aromatic nitrogens is 3. The molecule has 1 aromatic carbocycles. The first-order valence-corrected chi connectivity index (χ1v) is 12.2. The second kappa shape index (κ2) is 10.4. The molecule has 0 unspecified atom stereocenters. The number of hydrogen-bond donors (Lipinski definition) is 3. The van der Waals surface area contributed by atoms with E-state index in [4.69, 9.17) is 10.8 Å². The number of anilines is 2. The number of carboxylic acid groups (broad SMARTS) is 1. The molecule has 0 aliphatic carbocycles. The van der Waals surface area contributed by atoms with Crippen molar-refractivity contribution in [1.29, 1.82) is 0 Å². The number of nitrogens with zero attached hydrogens (tertiary/aromatic N) is 3. The van der Waals surface area contributed by atoms with Crippen LogP contribution >= 0.6 is 22.7 Å². The molecular weight excluding hydrogens is 458 g/mol. The molecule has 4 rings (SSSR count). The number of nitrogens with two attached hydrogens (primary N) is 1. The first-order valence-electron chi connectivity index (χ1n) is 10.5. The number of hydrogen-bond acceptors (Lipinski definition) is 7. The fourth-order valence-corrected chi connectivity index (χ4v) is 4.86. The van der Waals surface area contributed by atoms with Crippen LogP contribution in [0.2, 0.25) is 0 Å². The maximum absolute atomic E-state index is 12.8. The molecule has 0 saturated heterocycles. The predicted octanol–water partition coefficient (Wildman–Crippen LogP) is 5.21. The molecule has 33 heavy (non-hydrogen) atoms. The molecule has 0 radical (unpaired) electrons. The van der Waals surface area contributed by atoms with Crippen LogP contribution in [-0.4, -0.2) is 32.0 Å². The van der Waals surface area contributed by atoms with E-state index in [2.05, 4.69) is 15.6 Å². The molecule has 4 aromatic rings. The Morgan fingerprint density at radius 3 is 2.76 bits per heavy atom. The van der Waals surface area contributed by atoms with Crippen LogP contribution in [0.25, 0.3) is 21.0 Å². The van der Waals surface area contributed by atoms with Gasteiger partial charge < -0.3 is 16.2 Å². The first kappa shape index (κ1) is 22.7. The Labute approximate surface area is 198 Å². The number of carboxylic acids is 1. The Morgan fingerprint density at radius 2 is 1.97 bits per heavy atom. The van der Waals surface area contributed by atoms with Crippen molar-refractivity contribution in [3.05, 3.63) is 58.9 Å². The smallest absolute Gasteiger partial charge is 0.303 e. The lowest BCUT2D eigenvalue weighted by Gasteiger charge is -2.09. The number of aryl methyl sites for hydroxylation is 1. The normalized spacial score (nSPS) is 10.9. The summed E-state index contributed by atoms with van der Waals surface area (Å²) in [7, 11) is 0. The summed E-state index contributed by atoms with van der Waals surface area (Å²) < 4.78 is 1.74. The van der Waals surface area contributed by atoms with E-state index in [9.17, 15) is 9.59 Å². The molecule has 8 nitrogen and oxygen atoms in total.